The Hall–Kier alpha value is -2.06. The number of carbonyl (C=O) groups is 1. The smallest absolute Gasteiger partial charge is 0.272 e. The fourth-order valence-corrected chi connectivity index (χ4v) is 4.71. The lowest BCUT2D eigenvalue weighted by atomic mass is 10.3. The normalized spacial score (nSPS) is 15.1. The van der Waals surface area contributed by atoms with E-state index in [0.29, 0.717) is 18.8 Å². The van der Waals surface area contributed by atoms with Crippen LogP contribution >= 0.6 is 23.1 Å². The largest absolute Gasteiger partial charge is 0.345 e. The maximum atomic E-state index is 12.6. The number of hydrogen-bond donors (Lipinski definition) is 0. The quantitative estimate of drug-likeness (QED) is 0.661. The summed E-state index contributed by atoms with van der Waals surface area (Å²) in [5.41, 5.74) is 1.72. The molecular weight excluding hydrogens is 354 g/mol. The van der Waals surface area contributed by atoms with Gasteiger partial charge in [-0.15, -0.1) is 11.8 Å². The summed E-state index contributed by atoms with van der Waals surface area (Å²) in [6, 6.07) is 6.32. The Kier molecular flexibility index (Phi) is 4.39. The van der Waals surface area contributed by atoms with Crippen LogP contribution in [0.4, 0.5) is 5.13 Å². The molecule has 130 valence electrons. The summed E-state index contributed by atoms with van der Waals surface area (Å²) in [6.07, 6.45) is 5.37. The zero-order valence-corrected chi connectivity index (χ0v) is 15.8. The zero-order chi connectivity index (χ0) is 17.4. The molecule has 0 aliphatic carbocycles. The molecule has 0 spiro atoms. The standard InChI is InChI=1S/C17H19N5OS2/c1-20-11-18-10-12(20)16(23)21-6-8-22(9-7-21)17-19-15-13(24-2)4-3-5-14(15)25-17/h3-5,10-11H,6-9H2,1-2H3. The summed E-state index contributed by atoms with van der Waals surface area (Å²) < 4.78 is 2.99. The molecule has 0 bridgehead atoms. The van der Waals surface area contributed by atoms with E-state index in [9.17, 15) is 4.79 Å². The first-order valence-electron chi connectivity index (χ1n) is 8.11. The first-order chi connectivity index (χ1) is 12.2. The summed E-state index contributed by atoms with van der Waals surface area (Å²) in [7, 11) is 1.85. The average molecular weight is 374 g/mol. The molecular formula is C17H19N5OS2. The molecule has 1 saturated heterocycles. The van der Waals surface area contributed by atoms with E-state index in [1.54, 1.807) is 40.2 Å². The minimum Gasteiger partial charge on any atom is -0.345 e. The second-order valence-electron chi connectivity index (χ2n) is 5.97. The fourth-order valence-electron chi connectivity index (χ4n) is 3.04. The van der Waals surface area contributed by atoms with Crippen molar-refractivity contribution < 1.29 is 4.79 Å². The molecule has 4 rings (SSSR count). The van der Waals surface area contributed by atoms with E-state index in [1.807, 2.05) is 11.9 Å². The number of hydrogen-bond acceptors (Lipinski definition) is 6. The topological polar surface area (TPSA) is 54.3 Å². The van der Waals surface area contributed by atoms with E-state index < -0.39 is 0 Å². The van der Waals surface area contributed by atoms with Crippen molar-refractivity contribution in [3.8, 4) is 0 Å². The number of imidazole rings is 1. The van der Waals surface area contributed by atoms with Gasteiger partial charge in [0.25, 0.3) is 5.91 Å². The van der Waals surface area contributed by atoms with Crippen LogP contribution in [0.5, 0.6) is 0 Å². The van der Waals surface area contributed by atoms with Gasteiger partial charge in [0.2, 0.25) is 0 Å². The molecule has 8 heteroatoms. The number of benzene rings is 1. The van der Waals surface area contributed by atoms with Crippen LogP contribution < -0.4 is 4.90 Å². The number of anilines is 1. The fraction of sp³-hybridized carbons (Fsp3) is 0.353. The van der Waals surface area contributed by atoms with Crippen LogP contribution in [0.15, 0.2) is 35.6 Å². The van der Waals surface area contributed by atoms with Crippen molar-refractivity contribution in [2.45, 2.75) is 4.90 Å². The lowest BCUT2D eigenvalue weighted by molar-refractivity contribution is 0.0737. The Morgan fingerprint density at radius 2 is 2.04 bits per heavy atom. The lowest BCUT2D eigenvalue weighted by Gasteiger charge is -2.34. The number of amides is 1. The molecule has 0 saturated carbocycles. The molecule has 6 nitrogen and oxygen atoms in total. The molecule has 2 aromatic heterocycles. The third kappa shape index (κ3) is 3.00. The van der Waals surface area contributed by atoms with E-state index >= 15 is 0 Å². The minimum atomic E-state index is 0.0496. The predicted octanol–water partition coefficient (Wildman–Crippen LogP) is 2.71. The molecule has 1 aliphatic heterocycles. The van der Waals surface area contributed by atoms with Crippen LogP contribution in [0.25, 0.3) is 10.2 Å². The Morgan fingerprint density at radius 1 is 1.24 bits per heavy atom. The minimum absolute atomic E-state index is 0.0496. The zero-order valence-electron chi connectivity index (χ0n) is 14.2. The van der Waals surface area contributed by atoms with Gasteiger partial charge in [-0.1, -0.05) is 17.4 Å². The van der Waals surface area contributed by atoms with Crippen LogP contribution in [0.3, 0.4) is 0 Å². The van der Waals surface area contributed by atoms with Crippen LogP contribution in [0, 0.1) is 0 Å². The van der Waals surface area contributed by atoms with Gasteiger partial charge < -0.3 is 14.4 Å². The number of fused-ring (bicyclic) bond motifs is 1. The highest BCUT2D eigenvalue weighted by Gasteiger charge is 2.25. The maximum absolute atomic E-state index is 12.6. The number of aryl methyl sites for hydroxylation is 1. The van der Waals surface area contributed by atoms with Crippen molar-refractivity contribution in [2.24, 2.45) is 7.05 Å². The molecule has 3 heterocycles. The van der Waals surface area contributed by atoms with Gasteiger partial charge in [0.05, 0.1) is 22.7 Å². The van der Waals surface area contributed by atoms with Gasteiger partial charge in [-0.05, 0) is 18.4 Å². The van der Waals surface area contributed by atoms with Gasteiger partial charge in [-0.3, -0.25) is 4.79 Å². The van der Waals surface area contributed by atoms with E-state index in [0.717, 1.165) is 23.7 Å². The Balaban J connectivity index is 1.49. The van der Waals surface area contributed by atoms with Crippen molar-refractivity contribution in [3.63, 3.8) is 0 Å². The van der Waals surface area contributed by atoms with Crippen molar-refractivity contribution in [2.75, 3.05) is 37.3 Å². The molecule has 1 aromatic carbocycles. The number of thiazole rings is 1. The summed E-state index contributed by atoms with van der Waals surface area (Å²) in [5, 5.41) is 1.05. The second kappa shape index (κ2) is 6.68. The van der Waals surface area contributed by atoms with Gasteiger partial charge in [0.1, 0.15) is 5.69 Å². The monoisotopic (exact) mass is 373 g/mol. The highest BCUT2D eigenvalue weighted by atomic mass is 32.2. The average Bonchev–Trinajstić information content (AvgIpc) is 3.27. The summed E-state index contributed by atoms with van der Waals surface area (Å²) in [4.78, 5) is 26.9. The number of aromatic nitrogens is 3. The molecule has 1 amide bonds. The molecule has 0 N–H and O–H groups in total. The Labute approximate surface area is 154 Å². The van der Waals surface area contributed by atoms with Gasteiger partial charge in [-0.2, -0.15) is 0 Å². The number of thioether (sulfide) groups is 1. The van der Waals surface area contributed by atoms with Crippen LogP contribution in [-0.2, 0) is 7.05 Å². The van der Waals surface area contributed by atoms with Gasteiger partial charge in [0.15, 0.2) is 5.13 Å². The molecule has 25 heavy (non-hydrogen) atoms. The summed E-state index contributed by atoms with van der Waals surface area (Å²) in [6.45, 7) is 3.01. The highest BCUT2D eigenvalue weighted by molar-refractivity contribution is 7.98. The molecule has 1 fully saturated rings. The molecule has 0 unspecified atom stereocenters. The van der Waals surface area contributed by atoms with Crippen LogP contribution in [0.1, 0.15) is 10.5 Å². The van der Waals surface area contributed by atoms with Crippen molar-refractivity contribution in [1.29, 1.82) is 0 Å². The van der Waals surface area contributed by atoms with Crippen molar-refractivity contribution in [1.82, 2.24) is 19.4 Å². The van der Waals surface area contributed by atoms with E-state index in [2.05, 4.69) is 34.3 Å². The van der Waals surface area contributed by atoms with Crippen molar-refractivity contribution in [3.05, 3.63) is 36.4 Å². The van der Waals surface area contributed by atoms with Gasteiger partial charge in [-0.25, -0.2) is 9.97 Å². The van der Waals surface area contributed by atoms with E-state index in [4.69, 9.17) is 4.98 Å². The Morgan fingerprint density at radius 3 is 2.72 bits per heavy atom. The first-order valence-corrected chi connectivity index (χ1v) is 10.2. The van der Waals surface area contributed by atoms with Gasteiger partial charge in [0, 0.05) is 38.1 Å². The molecule has 0 radical (unpaired) electrons. The number of piperazine rings is 1. The van der Waals surface area contributed by atoms with Gasteiger partial charge >= 0.3 is 0 Å². The number of rotatable bonds is 3. The second-order valence-corrected chi connectivity index (χ2v) is 7.83. The van der Waals surface area contributed by atoms with Crippen molar-refractivity contribution >= 4 is 44.4 Å². The maximum Gasteiger partial charge on any atom is 0.272 e. The number of carbonyl (C=O) groups excluding carboxylic acids is 1. The summed E-state index contributed by atoms with van der Waals surface area (Å²) in [5.74, 6) is 0.0496. The SMILES string of the molecule is CSc1cccc2sc(N3CCN(C(=O)c4cncn4C)CC3)nc12. The highest BCUT2D eigenvalue weighted by Crippen LogP contribution is 2.34. The predicted molar refractivity (Wildman–Crippen MR) is 103 cm³/mol. The van der Waals surface area contributed by atoms with E-state index in [-0.39, 0.29) is 5.91 Å². The lowest BCUT2D eigenvalue weighted by Crippen LogP contribution is -2.49. The van der Waals surface area contributed by atoms with E-state index in [1.165, 1.54) is 9.60 Å². The third-order valence-corrected chi connectivity index (χ3v) is 6.31. The van der Waals surface area contributed by atoms with Crippen LogP contribution in [-0.4, -0.2) is 57.8 Å². The first kappa shape index (κ1) is 16.4. The molecule has 1 aliphatic rings. The number of para-hydroxylation sites is 1. The molecule has 0 atom stereocenters. The Bertz CT molecular complexity index is 911. The third-order valence-electron chi connectivity index (χ3n) is 4.46. The van der Waals surface area contributed by atoms with Crippen LogP contribution in [0.2, 0.25) is 0 Å². The summed E-state index contributed by atoms with van der Waals surface area (Å²) >= 11 is 3.45. The number of nitrogens with zero attached hydrogens (tertiary/aromatic N) is 5. The molecule has 3 aromatic rings.